The molecule has 0 fully saturated rings. The summed E-state index contributed by atoms with van der Waals surface area (Å²) in [5.41, 5.74) is 0. The molecule has 0 aromatic rings. The van der Waals surface area contributed by atoms with Gasteiger partial charge in [-0.1, -0.05) is 64.0 Å². The van der Waals surface area contributed by atoms with E-state index in [9.17, 15) is 9.90 Å². The van der Waals surface area contributed by atoms with Gasteiger partial charge in [-0.25, -0.2) is 0 Å². The maximum atomic E-state index is 10.3. The van der Waals surface area contributed by atoms with E-state index < -0.39 is 5.97 Å². The molecule has 0 aliphatic heterocycles. The van der Waals surface area contributed by atoms with Crippen molar-refractivity contribution in [2.45, 2.75) is 96.5 Å². The second kappa shape index (κ2) is 19.2. The van der Waals surface area contributed by atoms with Crippen LogP contribution in [0.3, 0.4) is 0 Å². The van der Waals surface area contributed by atoms with Crippen molar-refractivity contribution in [2.75, 3.05) is 0 Å². The number of carboxylic acid groups (broad SMARTS) is 1. The molecule has 0 aliphatic carbocycles. The molecule has 0 saturated heterocycles. The van der Waals surface area contributed by atoms with Crippen LogP contribution in [0, 0.1) is 0 Å². The van der Waals surface area contributed by atoms with Crippen molar-refractivity contribution in [1.29, 1.82) is 0 Å². The number of aliphatic carboxylic acids is 1. The number of aliphatic hydroxyl groups excluding tert-OH is 1. The Morgan fingerprint density at radius 1 is 0.955 bits per heavy atom. The third kappa shape index (κ3) is 20.2. The molecule has 0 rings (SSSR count). The van der Waals surface area contributed by atoms with Gasteiger partial charge in [0.1, 0.15) is 0 Å². The molecule has 22 heavy (non-hydrogen) atoms. The van der Waals surface area contributed by atoms with Crippen LogP contribution in [0.15, 0.2) is 12.2 Å². The van der Waals surface area contributed by atoms with Crippen molar-refractivity contribution >= 4 is 35.5 Å². The second-order valence-electron chi connectivity index (χ2n) is 5.91. The molecule has 0 aliphatic rings. The smallest absolute Gasteiger partial charge is 0.303 e. The van der Waals surface area contributed by atoms with Crippen molar-refractivity contribution in [3.05, 3.63) is 12.2 Å². The van der Waals surface area contributed by atoms with E-state index in [2.05, 4.69) is 19.1 Å². The molecule has 0 aromatic carbocycles. The summed E-state index contributed by atoms with van der Waals surface area (Å²) in [7, 11) is 0. The van der Waals surface area contributed by atoms with Gasteiger partial charge in [0, 0.05) is 36.0 Å². The standard InChI is InChI=1S/C18H34O3.Na/c1-2-3-4-11-14-17(19)15-12-9-7-5-6-8-10-13-16-18(20)21;/h9,12,17,19H,2-8,10-11,13-16H2,1H3,(H,20,21);/b12-9-;/t17-;/m1./s1. The van der Waals surface area contributed by atoms with Crippen LogP contribution in [0.5, 0.6) is 0 Å². The van der Waals surface area contributed by atoms with E-state index in [4.69, 9.17) is 5.11 Å². The molecule has 0 spiro atoms. The van der Waals surface area contributed by atoms with E-state index in [1.54, 1.807) is 0 Å². The Kier molecular flexibility index (Phi) is 21.3. The largest absolute Gasteiger partial charge is 0.481 e. The van der Waals surface area contributed by atoms with Gasteiger partial charge in [0.15, 0.2) is 0 Å². The molecule has 1 atom stereocenters. The fourth-order valence-electron chi connectivity index (χ4n) is 2.36. The van der Waals surface area contributed by atoms with Gasteiger partial charge < -0.3 is 10.2 Å². The summed E-state index contributed by atoms with van der Waals surface area (Å²) >= 11 is 0. The average molecular weight is 321 g/mol. The van der Waals surface area contributed by atoms with Crippen molar-refractivity contribution in [3.8, 4) is 0 Å². The van der Waals surface area contributed by atoms with Crippen LogP contribution < -0.4 is 0 Å². The van der Waals surface area contributed by atoms with E-state index in [1.165, 1.54) is 25.7 Å². The molecule has 2 N–H and O–H groups in total. The summed E-state index contributed by atoms with van der Waals surface area (Å²) in [6, 6.07) is 0. The Morgan fingerprint density at radius 2 is 1.59 bits per heavy atom. The summed E-state index contributed by atoms with van der Waals surface area (Å²) in [4.78, 5) is 10.3. The number of hydrogen-bond acceptors (Lipinski definition) is 2. The zero-order valence-electron chi connectivity index (χ0n) is 14.7. The first-order valence-electron chi connectivity index (χ1n) is 8.71. The molecule has 4 heteroatoms. The fourth-order valence-corrected chi connectivity index (χ4v) is 2.36. The zero-order valence-corrected chi connectivity index (χ0v) is 16.7. The summed E-state index contributed by atoms with van der Waals surface area (Å²) in [6.07, 6.45) is 17.4. The summed E-state index contributed by atoms with van der Waals surface area (Å²) in [5.74, 6) is -0.689. The monoisotopic (exact) mass is 321 g/mol. The molecule has 0 saturated carbocycles. The van der Waals surface area contributed by atoms with Crippen LogP contribution >= 0.6 is 0 Å². The predicted molar refractivity (Wildman–Crippen MR) is 94.2 cm³/mol. The van der Waals surface area contributed by atoms with Crippen molar-refractivity contribution in [1.82, 2.24) is 0 Å². The summed E-state index contributed by atoms with van der Waals surface area (Å²) in [6.45, 7) is 2.20. The van der Waals surface area contributed by atoms with Crippen LogP contribution in [0.2, 0.25) is 0 Å². The SMILES string of the molecule is CCCCCC[C@@H](O)C/C=C\CCCCCCCC(=O)O.[Na]. The van der Waals surface area contributed by atoms with Gasteiger partial charge in [0.2, 0.25) is 0 Å². The Morgan fingerprint density at radius 3 is 2.27 bits per heavy atom. The number of hydrogen-bond donors (Lipinski definition) is 2. The zero-order chi connectivity index (χ0) is 15.8. The van der Waals surface area contributed by atoms with E-state index >= 15 is 0 Å². The van der Waals surface area contributed by atoms with Gasteiger partial charge in [-0.2, -0.15) is 0 Å². The van der Waals surface area contributed by atoms with E-state index in [-0.39, 0.29) is 35.7 Å². The predicted octanol–water partition coefficient (Wildman–Crippen LogP) is 4.70. The molecule has 1 radical (unpaired) electrons. The van der Waals surface area contributed by atoms with E-state index in [1.807, 2.05) is 0 Å². The van der Waals surface area contributed by atoms with Crippen LogP contribution in [0.4, 0.5) is 0 Å². The molecule has 0 bridgehead atoms. The molecule has 3 nitrogen and oxygen atoms in total. The van der Waals surface area contributed by atoms with Gasteiger partial charge in [0.05, 0.1) is 6.10 Å². The molecule has 125 valence electrons. The summed E-state index contributed by atoms with van der Waals surface area (Å²) in [5, 5.41) is 18.3. The minimum Gasteiger partial charge on any atom is -0.481 e. The van der Waals surface area contributed by atoms with Gasteiger partial charge in [-0.15, -0.1) is 0 Å². The number of unbranched alkanes of at least 4 members (excludes halogenated alkanes) is 8. The van der Waals surface area contributed by atoms with Crippen LogP contribution in [-0.4, -0.2) is 51.8 Å². The molecule has 0 heterocycles. The molecule has 0 amide bonds. The molecule has 0 aromatic heterocycles. The van der Waals surface area contributed by atoms with Crippen LogP contribution in [-0.2, 0) is 4.79 Å². The topological polar surface area (TPSA) is 57.5 Å². The minimum atomic E-state index is -0.689. The maximum absolute atomic E-state index is 10.3. The van der Waals surface area contributed by atoms with Gasteiger partial charge >= 0.3 is 5.97 Å². The van der Waals surface area contributed by atoms with Gasteiger partial charge in [-0.3, -0.25) is 4.79 Å². The third-order valence-corrected chi connectivity index (χ3v) is 3.73. The first-order chi connectivity index (χ1) is 10.2. The Hall–Kier alpha value is 0.170. The Bertz CT molecular complexity index is 267. The summed E-state index contributed by atoms with van der Waals surface area (Å²) < 4.78 is 0. The van der Waals surface area contributed by atoms with Crippen molar-refractivity contribution < 1.29 is 15.0 Å². The first-order valence-corrected chi connectivity index (χ1v) is 8.71. The molecular weight excluding hydrogens is 287 g/mol. The van der Waals surface area contributed by atoms with E-state index in [0.717, 1.165) is 51.4 Å². The van der Waals surface area contributed by atoms with Crippen LogP contribution in [0.1, 0.15) is 90.4 Å². The number of aliphatic hydroxyl groups is 1. The molecule has 0 unspecified atom stereocenters. The number of carboxylic acids is 1. The number of rotatable bonds is 15. The molecular formula is C18H34NaO3. The van der Waals surface area contributed by atoms with Crippen LogP contribution in [0.25, 0.3) is 0 Å². The van der Waals surface area contributed by atoms with Gasteiger partial charge in [0.25, 0.3) is 0 Å². The average Bonchev–Trinajstić information content (AvgIpc) is 2.45. The normalized spacial score (nSPS) is 12.3. The van der Waals surface area contributed by atoms with Gasteiger partial charge in [-0.05, 0) is 32.1 Å². The fraction of sp³-hybridized carbons (Fsp3) is 0.833. The maximum Gasteiger partial charge on any atom is 0.303 e. The quantitative estimate of drug-likeness (QED) is 0.261. The Balaban J connectivity index is 0. The number of allylic oxidation sites excluding steroid dienone is 1. The second-order valence-corrected chi connectivity index (χ2v) is 5.91. The first kappa shape index (κ1) is 24.4. The number of carbonyl (C=O) groups is 1. The minimum absolute atomic E-state index is 0. The van der Waals surface area contributed by atoms with E-state index in [0.29, 0.717) is 6.42 Å². The van der Waals surface area contributed by atoms with Crippen molar-refractivity contribution in [3.63, 3.8) is 0 Å². The Labute approximate surface area is 158 Å². The van der Waals surface area contributed by atoms with Crippen molar-refractivity contribution in [2.24, 2.45) is 0 Å². The third-order valence-electron chi connectivity index (χ3n) is 3.73.